The zero-order valence-corrected chi connectivity index (χ0v) is 18.3. The van der Waals surface area contributed by atoms with Gasteiger partial charge in [-0.15, -0.1) is 0 Å². The minimum absolute atomic E-state index is 0.00960. The van der Waals surface area contributed by atoms with Crippen molar-refractivity contribution >= 4 is 23.2 Å². The molecule has 1 saturated heterocycles. The molecular weight excluding hydrogens is 414 g/mol. The van der Waals surface area contributed by atoms with E-state index < -0.39 is 5.82 Å². The van der Waals surface area contributed by atoms with Crippen molar-refractivity contribution in [3.63, 3.8) is 0 Å². The molecule has 1 fully saturated rings. The third-order valence-corrected chi connectivity index (χ3v) is 6.07. The average molecular weight is 441 g/mol. The lowest BCUT2D eigenvalue weighted by Gasteiger charge is -2.23. The minimum Gasteiger partial charge on any atom is -0.493 e. The highest BCUT2D eigenvalue weighted by Crippen LogP contribution is 2.34. The SMILES string of the molecule is CCN1CCCC1CNCc1cc(OC)c(OCc2c(F)cccc2Cl)cc1Cl. The lowest BCUT2D eigenvalue weighted by Crippen LogP contribution is -2.37. The van der Waals surface area contributed by atoms with Gasteiger partial charge < -0.3 is 14.8 Å². The molecule has 0 spiro atoms. The van der Waals surface area contributed by atoms with Crippen LogP contribution in [0, 0.1) is 5.82 Å². The Hall–Kier alpha value is -1.53. The molecule has 0 bridgehead atoms. The Labute approximate surface area is 181 Å². The number of rotatable bonds is 9. The van der Waals surface area contributed by atoms with Crippen LogP contribution in [0.5, 0.6) is 11.5 Å². The highest BCUT2D eigenvalue weighted by Gasteiger charge is 2.22. The monoisotopic (exact) mass is 440 g/mol. The maximum absolute atomic E-state index is 14.0. The van der Waals surface area contributed by atoms with Gasteiger partial charge in [-0.3, -0.25) is 4.90 Å². The molecule has 1 aliphatic rings. The smallest absolute Gasteiger partial charge is 0.163 e. The van der Waals surface area contributed by atoms with E-state index in [0.717, 1.165) is 18.7 Å². The summed E-state index contributed by atoms with van der Waals surface area (Å²) in [4.78, 5) is 2.50. The summed E-state index contributed by atoms with van der Waals surface area (Å²) in [5.74, 6) is 0.597. The highest BCUT2D eigenvalue weighted by molar-refractivity contribution is 6.31. The predicted molar refractivity (Wildman–Crippen MR) is 116 cm³/mol. The van der Waals surface area contributed by atoms with Gasteiger partial charge in [-0.2, -0.15) is 0 Å². The van der Waals surface area contributed by atoms with Crippen LogP contribution < -0.4 is 14.8 Å². The first-order valence-corrected chi connectivity index (χ1v) is 10.7. The van der Waals surface area contributed by atoms with Crippen LogP contribution in [-0.2, 0) is 13.2 Å². The Morgan fingerprint density at radius 3 is 2.76 bits per heavy atom. The fourth-order valence-corrected chi connectivity index (χ4v) is 4.16. The van der Waals surface area contributed by atoms with Crippen LogP contribution in [0.15, 0.2) is 30.3 Å². The van der Waals surface area contributed by atoms with Crippen molar-refractivity contribution in [1.29, 1.82) is 0 Å². The lowest BCUT2D eigenvalue weighted by molar-refractivity contribution is 0.259. The first-order valence-electron chi connectivity index (χ1n) is 9.90. The molecular formula is C22H27Cl2FN2O2. The van der Waals surface area contributed by atoms with Gasteiger partial charge >= 0.3 is 0 Å². The van der Waals surface area contributed by atoms with E-state index in [1.54, 1.807) is 25.3 Å². The molecule has 0 saturated carbocycles. The van der Waals surface area contributed by atoms with Crippen LogP contribution in [0.4, 0.5) is 4.39 Å². The van der Waals surface area contributed by atoms with E-state index in [0.29, 0.717) is 39.7 Å². The number of nitrogens with zero attached hydrogens (tertiary/aromatic N) is 1. The molecule has 0 radical (unpaired) electrons. The molecule has 1 unspecified atom stereocenters. The maximum atomic E-state index is 14.0. The lowest BCUT2D eigenvalue weighted by atomic mass is 10.1. The van der Waals surface area contributed by atoms with Crippen LogP contribution in [0.3, 0.4) is 0 Å². The number of halogens is 3. The van der Waals surface area contributed by atoms with E-state index in [1.165, 1.54) is 25.5 Å². The van der Waals surface area contributed by atoms with Crippen molar-refractivity contribution in [3.05, 3.63) is 57.3 Å². The van der Waals surface area contributed by atoms with Gasteiger partial charge in [0, 0.05) is 35.8 Å². The van der Waals surface area contributed by atoms with Crippen molar-refractivity contribution < 1.29 is 13.9 Å². The molecule has 3 rings (SSSR count). The molecule has 2 aromatic carbocycles. The number of hydrogen-bond acceptors (Lipinski definition) is 4. The Balaban J connectivity index is 1.64. The fourth-order valence-electron chi connectivity index (χ4n) is 3.72. The number of likely N-dealkylation sites (tertiary alicyclic amines) is 1. The zero-order chi connectivity index (χ0) is 20.8. The van der Waals surface area contributed by atoms with Crippen molar-refractivity contribution in [2.24, 2.45) is 0 Å². The van der Waals surface area contributed by atoms with Crippen LogP contribution in [-0.4, -0.2) is 37.7 Å². The van der Waals surface area contributed by atoms with E-state index in [4.69, 9.17) is 32.7 Å². The van der Waals surface area contributed by atoms with Crippen LogP contribution in [0.2, 0.25) is 10.0 Å². The van der Waals surface area contributed by atoms with E-state index in [1.807, 2.05) is 6.07 Å². The number of benzene rings is 2. The fraction of sp³-hybridized carbons (Fsp3) is 0.455. The van der Waals surface area contributed by atoms with E-state index in [9.17, 15) is 4.39 Å². The van der Waals surface area contributed by atoms with Gasteiger partial charge in [-0.1, -0.05) is 36.2 Å². The Morgan fingerprint density at radius 1 is 1.21 bits per heavy atom. The van der Waals surface area contributed by atoms with Gasteiger partial charge in [-0.25, -0.2) is 4.39 Å². The topological polar surface area (TPSA) is 33.7 Å². The number of likely N-dealkylation sites (N-methyl/N-ethyl adjacent to an activating group) is 1. The van der Waals surface area contributed by atoms with Crippen LogP contribution >= 0.6 is 23.2 Å². The average Bonchev–Trinajstić information content (AvgIpc) is 3.16. The Morgan fingerprint density at radius 2 is 2.03 bits per heavy atom. The molecule has 7 heteroatoms. The first-order chi connectivity index (χ1) is 14.0. The van der Waals surface area contributed by atoms with Gasteiger partial charge in [0.05, 0.1) is 12.1 Å². The molecule has 0 aliphatic carbocycles. The number of nitrogens with one attached hydrogen (secondary N) is 1. The minimum atomic E-state index is -0.406. The third kappa shape index (κ3) is 5.54. The molecule has 158 valence electrons. The summed E-state index contributed by atoms with van der Waals surface area (Å²) in [5, 5.41) is 4.40. The molecule has 29 heavy (non-hydrogen) atoms. The largest absolute Gasteiger partial charge is 0.493 e. The standard InChI is InChI=1S/C22H27Cl2FN2O2/c1-3-27-9-5-6-16(27)13-26-12-15-10-21(28-2)22(11-19(15)24)29-14-17-18(23)7-4-8-20(17)25/h4,7-8,10-11,16,26H,3,5-6,9,12-14H2,1-2H3. The second-order valence-electron chi connectivity index (χ2n) is 7.14. The van der Waals surface area contributed by atoms with Crippen molar-refractivity contribution in [2.75, 3.05) is 26.7 Å². The first kappa shape index (κ1) is 22.2. The van der Waals surface area contributed by atoms with Gasteiger partial charge in [0.1, 0.15) is 12.4 Å². The second-order valence-corrected chi connectivity index (χ2v) is 7.95. The quantitative estimate of drug-likeness (QED) is 0.573. The summed E-state index contributed by atoms with van der Waals surface area (Å²) in [6.45, 7) is 6.02. The molecule has 4 nitrogen and oxygen atoms in total. The van der Waals surface area contributed by atoms with Crippen molar-refractivity contribution in [2.45, 2.75) is 39.0 Å². The molecule has 2 aromatic rings. The highest BCUT2D eigenvalue weighted by atomic mass is 35.5. The molecule has 1 N–H and O–H groups in total. The maximum Gasteiger partial charge on any atom is 0.163 e. The molecule has 1 atom stereocenters. The number of ether oxygens (including phenoxy) is 2. The Bertz CT molecular complexity index is 814. The summed E-state index contributed by atoms with van der Waals surface area (Å²) in [6.07, 6.45) is 2.48. The summed E-state index contributed by atoms with van der Waals surface area (Å²) in [7, 11) is 1.57. The molecule has 1 heterocycles. The van der Waals surface area contributed by atoms with Gasteiger partial charge in [-0.05, 0) is 49.7 Å². The van der Waals surface area contributed by atoms with Crippen LogP contribution in [0.25, 0.3) is 0 Å². The predicted octanol–water partition coefficient (Wildman–Crippen LogP) is 5.29. The van der Waals surface area contributed by atoms with Crippen LogP contribution in [0.1, 0.15) is 30.9 Å². The van der Waals surface area contributed by atoms with Gasteiger partial charge in [0.15, 0.2) is 11.5 Å². The normalized spacial score (nSPS) is 16.9. The summed E-state index contributed by atoms with van der Waals surface area (Å²) in [5.41, 5.74) is 1.23. The van der Waals surface area contributed by atoms with Gasteiger partial charge in [0.25, 0.3) is 0 Å². The molecule has 0 amide bonds. The van der Waals surface area contributed by atoms with Crippen molar-refractivity contribution in [3.8, 4) is 11.5 Å². The van der Waals surface area contributed by atoms with Crippen molar-refractivity contribution in [1.82, 2.24) is 10.2 Å². The summed E-state index contributed by atoms with van der Waals surface area (Å²) < 4.78 is 25.2. The van der Waals surface area contributed by atoms with E-state index >= 15 is 0 Å². The zero-order valence-electron chi connectivity index (χ0n) is 16.8. The summed E-state index contributed by atoms with van der Waals surface area (Å²) >= 11 is 12.5. The van der Waals surface area contributed by atoms with E-state index in [2.05, 4.69) is 17.1 Å². The number of hydrogen-bond donors (Lipinski definition) is 1. The molecule has 1 aliphatic heterocycles. The Kier molecular flexibility index (Phi) is 8.01. The number of methoxy groups -OCH3 is 1. The third-order valence-electron chi connectivity index (χ3n) is 5.37. The van der Waals surface area contributed by atoms with E-state index in [-0.39, 0.29) is 6.61 Å². The summed E-state index contributed by atoms with van der Waals surface area (Å²) in [6, 6.07) is 8.69. The van der Waals surface area contributed by atoms with Gasteiger partial charge in [0.2, 0.25) is 0 Å². The molecule has 0 aromatic heterocycles. The second kappa shape index (κ2) is 10.5.